The Morgan fingerprint density at radius 3 is 2.74 bits per heavy atom. The number of nitrogens with zero attached hydrogens (tertiary/aromatic N) is 2. The Bertz CT molecular complexity index is 508. The average molecular weight is 261 g/mol. The highest BCUT2D eigenvalue weighted by molar-refractivity contribution is 5.26. The molecule has 0 saturated carbocycles. The maximum atomic E-state index is 9.22. The third kappa shape index (κ3) is 3.79. The first-order valence-electron chi connectivity index (χ1n) is 6.55. The quantitative estimate of drug-likeness (QED) is 0.833. The summed E-state index contributed by atoms with van der Waals surface area (Å²) in [5.74, 6) is 1.44. The average Bonchev–Trinajstić information content (AvgIpc) is 2.88. The van der Waals surface area contributed by atoms with E-state index in [1.165, 1.54) is 0 Å². The third-order valence-corrected chi connectivity index (χ3v) is 2.95. The van der Waals surface area contributed by atoms with E-state index in [4.69, 9.17) is 10.3 Å². The highest BCUT2D eigenvalue weighted by Gasteiger charge is 2.15. The fourth-order valence-electron chi connectivity index (χ4n) is 1.83. The molecule has 0 aliphatic heterocycles. The molecule has 2 aromatic rings. The van der Waals surface area contributed by atoms with E-state index in [0.29, 0.717) is 12.3 Å². The lowest BCUT2D eigenvalue weighted by atomic mass is 10.1. The molecule has 1 aromatic heterocycles. The normalized spacial score (nSPS) is 12.5. The lowest BCUT2D eigenvalue weighted by molar-refractivity contribution is 0.350. The number of nitrogens with two attached hydrogens (primary N) is 1. The summed E-state index contributed by atoms with van der Waals surface area (Å²) >= 11 is 0. The number of phenolic OH excluding ortho intramolecular Hbond substituents is 1. The maximum absolute atomic E-state index is 9.22. The topological polar surface area (TPSA) is 85.2 Å². The van der Waals surface area contributed by atoms with Crippen LogP contribution in [-0.2, 0) is 12.8 Å². The maximum Gasteiger partial charge on any atom is 0.243 e. The molecule has 1 aromatic carbocycles. The molecule has 0 amide bonds. The second kappa shape index (κ2) is 6.33. The van der Waals surface area contributed by atoms with Crippen molar-refractivity contribution in [2.45, 2.75) is 38.6 Å². The van der Waals surface area contributed by atoms with Crippen molar-refractivity contribution in [2.75, 3.05) is 0 Å². The number of aryl methyl sites for hydroxylation is 1. The molecule has 0 spiro atoms. The molecule has 0 bridgehead atoms. The molecular formula is C14H19N3O2. The van der Waals surface area contributed by atoms with E-state index in [1.807, 2.05) is 12.1 Å². The number of phenols is 1. The van der Waals surface area contributed by atoms with Gasteiger partial charge in [-0.1, -0.05) is 30.6 Å². The van der Waals surface area contributed by atoms with Crippen molar-refractivity contribution in [1.82, 2.24) is 10.1 Å². The van der Waals surface area contributed by atoms with Crippen LogP contribution in [-0.4, -0.2) is 15.2 Å². The second-order valence-corrected chi connectivity index (χ2v) is 4.63. The van der Waals surface area contributed by atoms with Crippen molar-refractivity contribution in [3.8, 4) is 5.75 Å². The van der Waals surface area contributed by atoms with Gasteiger partial charge >= 0.3 is 0 Å². The van der Waals surface area contributed by atoms with Crippen LogP contribution in [0.5, 0.6) is 5.75 Å². The molecule has 1 heterocycles. The molecule has 0 unspecified atom stereocenters. The highest BCUT2D eigenvalue weighted by atomic mass is 16.5. The largest absolute Gasteiger partial charge is 0.508 e. The van der Waals surface area contributed by atoms with Gasteiger partial charge < -0.3 is 15.4 Å². The molecule has 2 rings (SSSR count). The monoisotopic (exact) mass is 261 g/mol. The van der Waals surface area contributed by atoms with E-state index >= 15 is 0 Å². The Labute approximate surface area is 112 Å². The minimum atomic E-state index is -0.313. The first-order chi connectivity index (χ1) is 9.19. The number of unbranched alkanes of at least 4 members (excludes halogenated alkanes) is 1. The van der Waals surface area contributed by atoms with Crippen molar-refractivity contribution in [1.29, 1.82) is 0 Å². The molecule has 0 aliphatic rings. The molecule has 5 heteroatoms. The molecule has 102 valence electrons. The molecule has 1 atom stereocenters. The predicted molar refractivity (Wildman–Crippen MR) is 71.6 cm³/mol. The molecule has 0 aliphatic carbocycles. The van der Waals surface area contributed by atoms with E-state index in [-0.39, 0.29) is 11.8 Å². The number of aromatic hydroxyl groups is 1. The van der Waals surface area contributed by atoms with Crippen molar-refractivity contribution in [2.24, 2.45) is 5.73 Å². The van der Waals surface area contributed by atoms with Gasteiger partial charge in [0.2, 0.25) is 5.89 Å². The molecule has 19 heavy (non-hydrogen) atoms. The van der Waals surface area contributed by atoms with Gasteiger partial charge in [0.1, 0.15) is 5.75 Å². The number of hydrogen-bond acceptors (Lipinski definition) is 5. The van der Waals surface area contributed by atoms with Crippen LogP contribution in [0, 0.1) is 0 Å². The van der Waals surface area contributed by atoms with Crippen LogP contribution >= 0.6 is 0 Å². The van der Waals surface area contributed by atoms with Crippen LogP contribution in [0.3, 0.4) is 0 Å². The van der Waals surface area contributed by atoms with Gasteiger partial charge in [0.25, 0.3) is 0 Å². The van der Waals surface area contributed by atoms with Crippen molar-refractivity contribution >= 4 is 0 Å². The summed E-state index contributed by atoms with van der Waals surface area (Å²) in [6.07, 6.45) is 3.58. The van der Waals surface area contributed by atoms with Crippen LogP contribution < -0.4 is 5.73 Å². The van der Waals surface area contributed by atoms with Gasteiger partial charge in [0.05, 0.1) is 6.04 Å². The zero-order valence-electron chi connectivity index (χ0n) is 11.0. The Kier molecular flexibility index (Phi) is 4.52. The number of rotatable bonds is 6. The Morgan fingerprint density at radius 1 is 1.32 bits per heavy atom. The van der Waals surface area contributed by atoms with Gasteiger partial charge in [0.15, 0.2) is 5.82 Å². The Morgan fingerprint density at radius 2 is 2.05 bits per heavy atom. The molecule has 5 nitrogen and oxygen atoms in total. The van der Waals surface area contributed by atoms with Gasteiger partial charge in [-0.25, -0.2) is 0 Å². The Balaban J connectivity index is 1.97. The fraction of sp³-hybridized carbons (Fsp3) is 0.429. The fourth-order valence-corrected chi connectivity index (χ4v) is 1.83. The standard InChI is InChI=1S/C14H19N3O2/c1-2-3-4-13-16-14(19-17-13)12(15)9-10-5-7-11(18)8-6-10/h5-8,12,18H,2-4,9,15H2,1H3/t12-/m0/s1. The summed E-state index contributed by atoms with van der Waals surface area (Å²) in [4.78, 5) is 4.31. The van der Waals surface area contributed by atoms with Crippen LogP contribution in [0.15, 0.2) is 28.8 Å². The van der Waals surface area contributed by atoms with E-state index < -0.39 is 0 Å². The van der Waals surface area contributed by atoms with Gasteiger partial charge in [0, 0.05) is 6.42 Å². The molecule has 0 radical (unpaired) electrons. The summed E-state index contributed by atoms with van der Waals surface area (Å²) < 4.78 is 5.18. The summed E-state index contributed by atoms with van der Waals surface area (Å²) in [5.41, 5.74) is 7.07. The smallest absolute Gasteiger partial charge is 0.243 e. The lowest BCUT2D eigenvalue weighted by Gasteiger charge is -2.06. The summed E-state index contributed by atoms with van der Waals surface area (Å²) in [7, 11) is 0. The first-order valence-corrected chi connectivity index (χ1v) is 6.55. The third-order valence-electron chi connectivity index (χ3n) is 2.95. The number of aromatic nitrogens is 2. The highest BCUT2D eigenvalue weighted by Crippen LogP contribution is 2.17. The first kappa shape index (κ1) is 13.5. The van der Waals surface area contributed by atoms with Crippen LogP contribution in [0.4, 0.5) is 0 Å². The Hall–Kier alpha value is -1.88. The second-order valence-electron chi connectivity index (χ2n) is 4.63. The van der Waals surface area contributed by atoms with Crippen LogP contribution in [0.1, 0.15) is 43.1 Å². The SMILES string of the molecule is CCCCc1noc([C@@H](N)Cc2ccc(O)cc2)n1. The van der Waals surface area contributed by atoms with E-state index in [1.54, 1.807) is 12.1 Å². The van der Waals surface area contributed by atoms with Gasteiger partial charge in [-0.05, 0) is 30.5 Å². The summed E-state index contributed by atoms with van der Waals surface area (Å²) in [6, 6.07) is 6.64. The minimum absolute atomic E-state index is 0.247. The lowest BCUT2D eigenvalue weighted by Crippen LogP contribution is -2.13. The van der Waals surface area contributed by atoms with Crippen molar-refractivity contribution < 1.29 is 9.63 Å². The number of benzene rings is 1. The minimum Gasteiger partial charge on any atom is -0.508 e. The summed E-state index contributed by atoms with van der Waals surface area (Å²) in [5, 5.41) is 13.1. The zero-order valence-corrected chi connectivity index (χ0v) is 11.0. The van der Waals surface area contributed by atoms with Crippen molar-refractivity contribution in [3.05, 3.63) is 41.5 Å². The molecule has 3 N–H and O–H groups in total. The molecule has 0 fully saturated rings. The molecule has 0 saturated heterocycles. The van der Waals surface area contributed by atoms with Gasteiger partial charge in [-0.2, -0.15) is 4.98 Å². The molecular weight excluding hydrogens is 242 g/mol. The van der Waals surface area contributed by atoms with Crippen LogP contribution in [0.25, 0.3) is 0 Å². The number of hydrogen-bond donors (Lipinski definition) is 2. The predicted octanol–water partition coefficient (Wildman–Crippen LogP) is 2.36. The van der Waals surface area contributed by atoms with E-state index in [9.17, 15) is 5.11 Å². The summed E-state index contributed by atoms with van der Waals surface area (Å²) in [6.45, 7) is 2.12. The zero-order chi connectivity index (χ0) is 13.7. The van der Waals surface area contributed by atoms with Crippen LogP contribution in [0.2, 0.25) is 0 Å². The van der Waals surface area contributed by atoms with Crippen molar-refractivity contribution in [3.63, 3.8) is 0 Å². The van der Waals surface area contributed by atoms with Gasteiger partial charge in [-0.15, -0.1) is 0 Å². The van der Waals surface area contributed by atoms with E-state index in [0.717, 1.165) is 30.7 Å². The van der Waals surface area contributed by atoms with Gasteiger partial charge in [-0.3, -0.25) is 0 Å². The van der Waals surface area contributed by atoms with E-state index in [2.05, 4.69) is 17.1 Å².